The van der Waals surface area contributed by atoms with Crippen molar-refractivity contribution in [2.24, 2.45) is 0 Å². The molecule has 0 saturated carbocycles. The molecule has 1 aromatic carbocycles. The molecular formula is C19H28N4O3S. The third kappa shape index (κ3) is 4.22. The number of aromatic nitrogens is 2. The van der Waals surface area contributed by atoms with Crippen LogP contribution in [0.15, 0.2) is 23.1 Å². The number of carbonyl (C=O) groups is 1. The van der Waals surface area contributed by atoms with E-state index in [4.69, 9.17) is 0 Å². The van der Waals surface area contributed by atoms with Crippen LogP contribution in [0.3, 0.4) is 0 Å². The molecule has 8 heteroatoms. The average Bonchev–Trinajstić information content (AvgIpc) is 2.88. The Morgan fingerprint density at radius 2 is 1.70 bits per heavy atom. The van der Waals surface area contributed by atoms with E-state index in [1.807, 2.05) is 32.0 Å². The number of para-hydroxylation sites is 1. The van der Waals surface area contributed by atoms with Crippen LogP contribution in [0.25, 0.3) is 0 Å². The fraction of sp³-hybridized carbons (Fsp3) is 0.474. The van der Waals surface area contributed by atoms with Gasteiger partial charge in [0.05, 0.1) is 11.4 Å². The fourth-order valence-corrected chi connectivity index (χ4v) is 4.37. The first kappa shape index (κ1) is 21.1. The maximum Gasteiger partial charge on any atom is 0.246 e. The summed E-state index contributed by atoms with van der Waals surface area (Å²) < 4.78 is 27.6. The van der Waals surface area contributed by atoms with Gasteiger partial charge >= 0.3 is 0 Å². The molecule has 27 heavy (non-hydrogen) atoms. The number of sulfonamides is 1. The number of rotatable bonds is 7. The van der Waals surface area contributed by atoms with E-state index in [-0.39, 0.29) is 17.3 Å². The molecule has 0 aliphatic rings. The van der Waals surface area contributed by atoms with Crippen LogP contribution >= 0.6 is 0 Å². The van der Waals surface area contributed by atoms with Crippen LogP contribution in [-0.2, 0) is 34.2 Å². The van der Waals surface area contributed by atoms with E-state index in [0.717, 1.165) is 34.0 Å². The Kier molecular flexibility index (Phi) is 6.43. The highest BCUT2D eigenvalue weighted by Crippen LogP contribution is 2.24. The van der Waals surface area contributed by atoms with Gasteiger partial charge in [-0.2, -0.15) is 5.10 Å². The van der Waals surface area contributed by atoms with Crippen molar-refractivity contribution in [3.8, 4) is 0 Å². The second-order valence-electron chi connectivity index (χ2n) is 6.65. The zero-order valence-corrected chi connectivity index (χ0v) is 17.6. The topological polar surface area (TPSA) is 84.3 Å². The number of carbonyl (C=O) groups excluding carboxylic acids is 1. The summed E-state index contributed by atoms with van der Waals surface area (Å²) in [5.41, 5.74) is 3.84. The van der Waals surface area contributed by atoms with E-state index in [1.54, 1.807) is 13.8 Å². The molecule has 0 aliphatic heterocycles. The summed E-state index contributed by atoms with van der Waals surface area (Å²) in [6, 6.07) is 5.99. The van der Waals surface area contributed by atoms with E-state index in [9.17, 15) is 13.2 Å². The maximum absolute atomic E-state index is 12.6. The molecule has 2 aromatic rings. The minimum Gasteiger partial charge on any atom is -0.324 e. The van der Waals surface area contributed by atoms with E-state index in [2.05, 4.69) is 10.4 Å². The standard InChI is InChI=1S/C19H28N4O3S/c1-7-15-10-9-11-16(8-2)18(15)20-17(24)12-23-14(4)19(13(3)21-23)27(25,26)22(5)6/h9-11H,7-8,12H2,1-6H3,(H,20,24). The highest BCUT2D eigenvalue weighted by Gasteiger charge is 2.27. The lowest BCUT2D eigenvalue weighted by molar-refractivity contribution is -0.117. The van der Waals surface area contributed by atoms with E-state index in [1.165, 1.54) is 18.8 Å². The molecule has 0 aliphatic carbocycles. The lowest BCUT2D eigenvalue weighted by Crippen LogP contribution is -2.24. The molecule has 0 bridgehead atoms. The third-order valence-corrected chi connectivity index (χ3v) is 6.68. The molecule has 1 heterocycles. The molecule has 0 unspecified atom stereocenters. The molecule has 0 spiro atoms. The number of hydrogen-bond acceptors (Lipinski definition) is 4. The van der Waals surface area contributed by atoms with Gasteiger partial charge in [-0.15, -0.1) is 0 Å². The summed E-state index contributed by atoms with van der Waals surface area (Å²) in [4.78, 5) is 12.8. The largest absolute Gasteiger partial charge is 0.324 e. The van der Waals surface area contributed by atoms with Crippen LogP contribution in [0.1, 0.15) is 36.4 Å². The summed E-state index contributed by atoms with van der Waals surface area (Å²) in [6.07, 6.45) is 1.63. The zero-order valence-electron chi connectivity index (χ0n) is 16.8. The monoisotopic (exact) mass is 392 g/mol. The van der Waals surface area contributed by atoms with Crippen LogP contribution in [-0.4, -0.2) is 42.5 Å². The zero-order chi connectivity index (χ0) is 20.4. The van der Waals surface area contributed by atoms with Gasteiger partial charge < -0.3 is 5.32 Å². The summed E-state index contributed by atoms with van der Waals surface area (Å²) in [5, 5.41) is 7.26. The van der Waals surface area contributed by atoms with Gasteiger partial charge in [0.1, 0.15) is 11.4 Å². The Labute approximate surface area is 161 Å². The molecule has 1 aromatic heterocycles. The van der Waals surface area contributed by atoms with Crippen molar-refractivity contribution in [3.63, 3.8) is 0 Å². The van der Waals surface area contributed by atoms with Gasteiger partial charge in [-0.05, 0) is 37.8 Å². The minimum absolute atomic E-state index is 0.0448. The Balaban J connectivity index is 2.31. The van der Waals surface area contributed by atoms with Gasteiger partial charge in [0.25, 0.3) is 0 Å². The van der Waals surface area contributed by atoms with Crippen molar-refractivity contribution in [1.29, 1.82) is 0 Å². The number of nitrogens with zero attached hydrogens (tertiary/aromatic N) is 3. The number of anilines is 1. The van der Waals surface area contributed by atoms with Crippen molar-refractivity contribution in [2.75, 3.05) is 19.4 Å². The summed E-state index contributed by atoms with van der Waals surface area (Å²) in [7, 11) is -0.658. The molecule has 7 nitrogen and oxygen atoms in total. The van der Waals surface area contributed by atoms with E-state index < -0.39 is 10.0 Å². The number of amides is 1. The lowest BCUT2D eigenvalue weighted by Gasteiger charge is -2.15. The molecule has 1 N–H and O–H groups in total. The number of nitrogens with one attached hydrogen (secondary N) is 1. The van der Waals surface area contributed by atoms with Gasteiger partial charge in [-0.1, -0.05) is 32.0 Å². The summed E-state index contributed by atoms with van der Waals surface area (Å²) in [5.74, 6) is -0.231. The smallest absolute Gasteiger partial charge is 0.246 e. The van der Waals surface area contributed by atoms with Crippen LogP contribution in [0, 0.1) is 13.8 Å². The first-order chi connectivity index (χ1) is 12.6. The van der Waals surface area contributed by atoms with Crippen LogP contribution < -0.4 is 5.32 Å². The van der Waals surface area contributed by atoms with Crippen LogP contribution in [0.5, 0.6) is 0 Å². The number of benzene rings is 1. The maximum atomic E-state index is 12.6. The first-order valence-electron chi connectivity index (χ1n) is 9.00. The predicted molar refractivity (Wildman–Crippen MR) is 106 cm³/mol. The van der Waals surface area contributed by atoms with Gasteiger partial charge in [-0.3, -0.25) is 9.48 Å². The van der Waals surface area contributed by atoms with E-state index in [0.29, 0.717) is 11.4 Å². The quantitative estimate of drug-likeness (QED) is 0.785. The van der Waals surface area contributed by atoms with Gasteiger partial charge in [0.15, 0.2) is 0 Å². The van der Waals surface area contributed by atoms with Crippen molar-refractivity contribution >= 4 is 21.6 Å². The molecule has 2 rings (SSSR count). The van der Waals surface area contributed by atoms with Gasteiger partial charge in [0.2, 0.25) is 15.9 Å². The molecule has 148 valence electrons. The summed E-state index contributed by atoms with van der Waals surface area (Å²) in [6.45, 7) is 7.35. The highest BCUT2D eigenvalue weighted by molar-refractivity contribution is 7.89. The van der Waals surface area contributed by atoms with Crippen molar-refractivity contribution in [3.05, 3.63) is 40.7 Å². The third-order valence-electron chi connectivity index (χ3n) is 4.61. The van der Waals surface area contributed by atoms with Crippen LogP contribution in [0.2, 0.25) is 0 Å². The molecular weight excluding hydrogens is 364 g/mol. The minimum atomic E-state index is -3.62. The number of hydrogen-bond donors (Lipinski definition) is 1. The second kappa shape index (κ2) is 8.22. The molecule has 0 radical (unpaired) electrons. The summed E-state index contributed by atoms with van der Waals surface area (Å²) >= 11 is 0. The lowest BCUT2D eigenvalue weighted by atomic mass is 10.0. The fourth-order valence-electron chi connectivity index (χ4n) is 3.11. The molecule has 0 fully saturated rings. The van der Waals surface area contributed by atoms with E-state index >= 15 is 0 Å². The molecule has 1 amide bonds. The second-order valence-corrected chi connectivity index (χ2v) is 8.74. The first-order valence-corrected chi connectivity index (χ1v) is 10.4. The van der Waals surface area contributed by atoms with Gasteiger partial charge in [0, 0.05) is 19.8 Å². The molecule has 0 atom stereocenters. The van der Waals surface area contributed by atoms with Crippen LogP contribution in [0.4, 0.5) is 5.69 Å². The Morgan fingerprint density at radius 3 is 2.19 bits per heavy atom. The number of aryl methyl sites for hydroxylation is 3. The normalized spacial score (nSPS) is 11.8. The van der Waals surface area contributed by atoms with Crippen molar-refractivity contribution in [1.82, 2.24) is 14.1 Å². The Morgan fingerprint density at radius 1 is 1.15 bits per heavy atom. The SMILES string of the molecule is CCc1cccc(CC)c1NC(=O)Cn1nc(C)c(S(=O)(=O)N(C)C)c1C. The predicted octanol–water partition coefficient (Wildman–Crippen LogP) is 2.51. The van der Waals surface area contributed by atoms with Crippen molar-refractivity contribution < 1.29 is 13.2 Å². The highest BCUT2D eigenvalue weighted by atomic mass is 32.2. The molecule has 0 saturated heterocycles. The van der Waals surface area contributed by atoms with Gasteiger partial charge in [-0.25, -0.2) is 12.7 Å². The van der Waals surface area contributed by atoms with Crippen molar-refractivity contribution in [2.45, 2.75) is 52.0 Å². The Bertz CT molecular complexity index is 924. The average molecular weight is 393 g/mol. The Hall–Kier alpha value is -2.19.